The van der Waals surface area contributed by atoms with Gasteiger partial charge in [-0.05, 0) is 83.6 Å². The van der Waals surface area contributed by atoms with E-state index in [0.29, 0.717) is 24.1 Å². The van der Waals surface area contributed by atoms with Crippen molar-refractivity contribution in [2.45, 2.75) is 29.9 Å². The number of hydrogen-bond donors (Lipinski definition) is 1. The molecule has 0 aliphatic carbocycles. The molecule has 1 N–H and O–H groups in total. The largest absolute Gasteiger partial charge is 0.388 e. The summed E-state index contributed by atoms with van der Waals surface area (Å²) in [5, 5.41) is 10.6. The van der Waals surface area contributed by atoms with E-state index >= 15 is 0 Å². The molecule has 0 bridgehead atoms. The van der Waals surface area contributed by atoms with E-state index in [1.807, 2.05) is 24.3 Å². The molecule has 5 nitrogen and oxygen atoms in total. The highest BCUT2D eigenvalue weighted by molar-refractivity contribution is 7.90. The Labute approximate surface area is 226 Å². The maximum absolute atomic E-state index is 13.6. The smallest absolute Gasteiger partial charge is 0.233 e. The zero-order chi connectivity index (χ0) is 27.7. The molecule has 0 aromatic heterocycles. The fourth-order valence-corrected chi connectivity index (χ4v) is 5.69. The van der Waals surface area contributed by atoms with Crippen LogP contribution in [0.3, 0.4) is 0 Å². The third-order valence-corrected chi connectivity index (χ3v) is 8.32. The van der Waals surface area contributed by atoms with Crippen molar-refractivity contribution in [2.75, 3.05) is 11.2 Å². The van der Waals surface area contributed by atoms with E-state index in [1.165, 1.54) is 42.7 Å². The molecule has 5 rings (SSSR count). The molecule has 8 heteroatoms. The monoisotopic (exact) mass is 547 g/mol. The molecule has 200 valence electrons. The van der Waals surface area contributed by atoms with E-state index in [9.17, 15) is 27.1 Å². The molecule has 1 amide bonds. The number of anilines is 1. The number of β-lactam (4-membered cyclic amide) rings is 1. The van der Waals surface area contributed by atoms with Crippen LogP contribution in [0.4, 0.5) is 14.5 Å². The first-order chi connectivity index (χ1) is 18.6. The Morgan fingerprint density at radius 3 is 1.85 bits per heavy atom. The quantitative estimate of drug-likeness (QED) is 0.265. The maximum atomic E-state index is 13.6. The van der Waals surface area contributed by atoms with Gasteiger partial charge >= 0.3 is 0 Å². The van der Waals surface area contributed by atoms with Crippen LogP contribution >= 0.6 is 0 Å². The number of halogens is 2. The third kappa shape index (κ3) is 5.62. The zero-order valence-electron chi connectivity index (χ0n) is 21.2. The fourth-order valence-electron chi connectivity index (χ4n) is 5.06. The van der Waals surface area contributed by atoms with Gasteiger partial charge in [-0.1, -0.05) is 48.5 Å². The summed E-state index contributed by atoms with van der Waals surface area (Å²) in [7, 11) is -3.29. The molecule has 4 aromatic carbocycles. The van der Waals surface area contributed by atoms with Crippen LogP contribution in [0, 0.1) is 17.6 Å². The summed E-state index contributed by atoms with van der Waals surface area (Å²) in [6.07, 6.45) is 1.06. The number of rotatable bonds is 8. The predicted molar refractivity (Wildman–Crippen MR) is 146 cm³/mol. The molecule has 1 fully saturated rings. The summed E-state index contributed by atoms with van der Waals surface area (Å²) in [5.41, 5.74) is 3.80. The lowest BCUT2D eigenvalue weighted by molar-refractivity contribution is -0.131. The second kappa shape index (κ2) is 10.7. The van der Waals surface area contributed by atoms with Crippen LogP contribution in [-0.4, -0.2) is 25.7 Å². The van der Waals surface area contributed by atoms with Gasteiger partial charge in [0.1, 0.15) is 11.6 Å². The van der Waals surface area contributed by atoms with Gasteiger partial charge in [0.2, 0.25) is 5.91 Å². The SMILES string of the molecule is CS(=O)(=O)c1ccc(-c2ccc([C@@H]3[C@@H](CC[C@H](O)c4ccc(F)cc4)C(=O)N3c3ccc(F)cc3)cc2)cc1. The lowest BCUT2D eigenvalue weighted by atomic mass is 9.78. The van der Waals surface area contributed by atoms with Crippen molar-refractivity contribution in [1.82, 2.24) is 0 Å². The molecule has 0 saturated carbocycles. The highest BCUT2D eigenvalue weighted by Crippen LogP contribution is 2.46. The average molecular weight is 548 g/mol. The van der Waals surface area contributed by atoms with Crippen LogP contribution in [0.2, 0.25) is 0 Å². The van der Waals surface area contributed by atoms with E-state index in [0.717, 1.165) is 16.7 Å². The Morgan fingerprint density at radius 1 is 0.795 bits per heavy atom. The first-order valence-electron chi connectivity index (χ1n) is 12.5. The molecule has 1 heterocycles. The van der Waals surface area contributed by atoms with Crippen molar-refractivity contribution in [2.24, 2.45) is 5.92 Å². The van der Waals surface area contributed by atoms with Crippen LogP contribution in [-0.2, 0) is 14.6 Å². The molecule has 0 spiro atoms. The topological polar surface area (TPSA) is 74.7 Å². The summed E-state index contributed by atoms with van der Waals surface area (Å²) in [4.78, 5) is 15.2. The lowest BCUT2D eigenvalue weighted by Crippen LogP contribution is -2.55. The normalized spacial score (nSPS) is 18.1. The molecular formula is C31H27F2NO4S. The Hall–Kier alpha value is -3.88. The van der Waals surface area contributed by atoms with Gasteiger partial charge in [-0.2, -0.15) is 0 Å². The number of hydrogen-bond acceptors (Lipinski definition) is 4. The van der Waals surface area contributed by atoms with E-state index < -0.39 is 27.7 Å². The molecule has 0 radical (unpaired) electrons. The molecule has 3 atom stereocenters. The van der Waals surface area contributed by atoms with Crippen LogP contribution in [0.25, 0.3) is 11.1 Å². The summed E-state index contributed by atoms with van der Waals surface area (Å²) in [6, 6.07) is 25.4. The highest BCUT2D eigenvalue weighted by atomic mass is 32.2. The minimum Gasteiger partial charge on any atom is -0.388 e. The molecule has 1 aliphatic rings. The molecule has 39 heavy (non-hydrogen) atoms. The number of carbonyl (C=O) groups excluding carboxylic acids is 1. The van der Waals surface area contributed by atoms with Crippen LogP contribution in [0.15, 0.2) is 102 Å². The molecule has 0 unspecified atom stereocenters. The van der Waals surface area contributed by atoms with Crippen LogP contribution in [0.5, 0.6) is 0 Å². The van der Waals surface area contributed by atoms with Gasteiger partial charge in [0.15, 0.2) is 9.84 Å². The van der Waals surface area contributed by atoms with Crippen LogP contribution < -0.4 is 4.90 Å². The zero-order valence-corrected chi connectivity index (χ0v) is 22.0. The minimum absolute atomic E-state index is 0.113. The average Bonchev–Trinajstić information content (AvgIpc) is 2.93. The van der Waals surface area contributed by atoms with E-state index in [1.54, 1.807) is 41.3 Å². The Kier molecular flexibility index (Phi) is 7.34. The summed E-state index contributed by atoms with van der Waals surface area (Å²) in [6.45, 7) is 0. The summed E-state index contributed by atoms with van der Waals surface area (Å²) in [5.74, 6) is -1.29. The fraction of sp³-hybridized carbons (Fsp3) is 0.194. The molecule has 1 aliphatic heterocycles. The number of amides is 1. The van der Waals surface area contributed by atoms with Gasteiger partial charge < -0.3 is 10.0 Å². The number of benzene rings is 4. The van der Waals surface area contributed by atoms with Gasteiger partial charge in [-0.15, -0.1) is 0 Å². The van der Waals surface area contributed by atoms with Crippen LogP contribution in [0.1, 0.15) is 36.1 Å². The van der Waals surface area contributed by atoms with E-state index in [2.05, 4.69) is 0 Å². The summed E-state index contributed by atoms with van der Waals surface area (Å²) < 4.78 is 50.4. The maximum Gasteiger partial charge on any atom is 0.233 e. The molecule has 1 saturated heterocycles. The second-order valence-corrected chi connectivity index (χ2v) is 11.8. The van der Waals surface area contributed by atoms with Crippen molar-refractivity contribution in [3.8, 4) is 11.1 Å². The number of nitrogens with zero attached hydrogens (tertiary/aromatic N) is 1. The van der Waals surface area contributed by atoms with Gasteiger partial charge in [0, 0.05) is 11.9 Å². The number of aliphatic hydroxyl groups is 1. The first kappa shape index (κ1) is 26.7. The van der Waals surface area contributed by atoms with E-state index in [4.69, 9.17) is 0 Å². The number of aliphatic hydroxyl groups excluding tert-OH is 1. The minimum atomic E-state index is -3.29. The second-order valence-electron chi connectivity index (χ2n) is 9.80. The number of carbonyl (C=O) groups is 1. The van der Waals surface area contributed by atoms with Gasteiger partial charge in [0.25, 0.3) is 0 Å². The van der Waals surface area contributed by atoms with Crippen molar-refractivity contribution < 1.29 is 27.1 Å². The van der Waals surface area contributed by atoms with Crippen molar-refractivity contribution in [3.63, 3.8) is 0 Å². The Balaban J connectivity index is 1.39. The highest BCUT2D eigenvalue weighted by Gasteiger charge is 2.48. The van der Waals surface area contributed by atoms with Gasteiger partial charge in [-0.25, -0.2) is 17.2 Å². The van der Waals surface area contributed by atoms with E-state index in [-0.39, 0.29) is 22.7 Å². The Morgan fingerprint density at radius 2 is 1.31 bits per heavy atom. The van der Waals surface area contributed by atoms with Gasteiger partial charge in [0.05, 0.1) is 23.0 Å². The Bertz CT molecular complexity index is 1570. The van der Waals surface area contributed by atoms with Crippen molar-refractivity contribution in [1.29, 1.82) is 0 Å². The molecule has 4 aromatic rings. The van der Waals surface area contributed by atoms with Gasteiger partial charge in [-0.3, -0.25) is 4.79 Å². The number of sulfone groups is 1. The lowest BCUT2D eigenvalue weighted by Gasteiger charge is -2.48. The summed E-state index contributed by atoms with van der Waals surface area (Å²) >= 11 is 0. The van der Waals surface area contributed by atoms with Crippen molar-refractivity contribution in [3.05, 3.63) is 120 Å². The standard InChI is InChI=1S/C31H27F2NO4S/c1-39(37,38)27-16-8-21(9-17-27)20-2-4-23(5-3-20)30-28(18-19-29(35)22-6-10-24(32)11-7-22)31(36)34(30)26-14-12-25(33)13-15-26/h2-17,28-30,35H,18-19H2,1H3/t28-,29+,30-/m1/s1. The molecular weight excluding hydrogens is 520 g/mol. The third-order valence-electron chi connectivity index (χ3n) is 7.19. The first-order valence-corrected chi connectivity index (χ1v) is 14.4. The predicted octanol–water partition coefficient (Wildman–Crippen LogP) is 6.25. The van der Waals surface area contributed by atoms with Crippen molar-refractivity contribution >= 4 is 21.4 Å².